The molecule has 3 aromatic heterocycles. The smallest absolute Gasteiger partial charge is 0.287 e. The monoisotopic (exact) mass is 365 g/mol. The van der Waals surface area contributed by atoms with E-state index in [9.17, 15) is 14.7 Å². The fraction of sp³-hybridized carbons (Fsp3) is 0.100. The average molecular weight is 365 g/mol. The minimum absolute atomic E-state index is 0.146. The van der Waals surface area contributed by atoms with Crippen molar-refractivity contribution in [1.29, 1.82) is 0 Å². The predicted molar refractivity (Wildman–Crippen MR) is 95.2 cm³/mol. The molecule has 0 saturated heterocycles. The van der Waals surface area contributed by atoms with Gasteiger partial charge in [0.25, 0.3) is 5.91 Å². The minimum atomic E-state index is -1.64. The molecule has 0 saturated carbocycles. The highest BCUT2D eigenvalue weighted by molar-refractivity contribution is 5.93. The van der Waals surface area contributed by atoms with Crippen LogP contribution in [0.4, 0.5) is 0 Å². The van der Waals surface area contributed by atoms with Crippen LogP contribution in [0.25, 0.3) is 11.0 Å². The van der Waals surface area contributed by atoms with Crippen LogP contribution in [0.15, 0.2) is 85.4 Å². The summed E-state index contributed by atoms with van der Waals surface area (Å²) in [7, 11) is 0. The summed E-state index contributed by atoms with van der Waals surface area (Å²) < 4.78 is 15.9. The van der Waals surface area contributed by atoms with Gasteiger partial charge in [0.1, 0.15) is 11.3 Å². The van der Waals surface area contributed by atoms with Crippen LogP contribution in [-0.4, -0.2) is 17.6 Å². The third-order valence-corrected chi connectivity index (χ3v) is 4.29. The van der Waals surface area contributed by atoms with E-state index in [2.05, 4.69) is 5.32 Å². The second-order valence-corrected chi connectivity index (χ2v) is 6.00. The first-order valence-electron chi connectivity index (χ1n) is 8.18. The van der Waals surface area contributed by atoms with Crippen molar-refractivity contribution in [3.05, 3.63) is 94.6 Å². The number of carbonyl (C=O) groups excluding carboxylic acids is 1. The maximum atomic E-state index is 12.5. The molecule has 3 heterocycles. The number of para-hydroxylation sites is 1. The summed E-state index contributed by atoms with van der Waals surface area (Å²) in [5.74, 6) is -0.539. The van der Waals surface area contributed by atoms with E-state index in [1.54, 1.807) is 42.5 Å². The van der Waals surface area contributed by atoms with E-state index in [1.165, 1.54) is 18.8 Å². The Labute approximate surface area is 152 Å². The van der Waals surface area contributed by atoms with Crippen LogP contribution in [0.5, 0.6) is 0 Å². The number of fused-ring (bicyclic) bond motifs is 1. The zero-order chi connectivity index (χ0) is 18.9. The molecule has 7 nitrogen and oxygen atoms in total. The standard InChI is InChI=1S/C20H15NO6/c22-15-10-17(27-16-5-2-1-4-14(15)16)19(23)21-12-20(24,13-7-9-25-11-13)18-6-3-8-26-18/h1-11,24H,12H2,(H,21,23)/t20-/m1/s1. The molecule has 4 rings (SSSR count). The van der Waals surface area contributed by atoms with Crippen LogP contribution in [0.1, 0.15) is 21.9 Å². The Morgan fingerprint density at radius 3 is 2.70 bits per heavy atom. The van der Waals surface area contributed by atoms with E-state index < -0.39 is 11.5 Å². The Balaban J connectivity index is 1.62. The summed E-state index contributed by atoms with van der Waals surface area (Å²) in [6.07, 6.45) is 4.20. The molecule has 4 aromatic rings. The number of hydrogen-bond donors (Lipinski definition) is 2. The lowest BCUT2D eigenvalue weighted by atomic mass is 9.93. The highest BCUT2D eigenvalue weighted by Gasteiger charge is 2.36. The quantitative estimate of drug-likeness (QED) is 0.563. The molecule has 0 radical (unpaired) electrons. The Morgan fingerprint density at radius 2 is 1.96 bits per heavy atom. The molecule has 0 aliphatic rings. The largest absolute Gasteiger partial charge is 0.472 e. The molecule has 1 atom stereocenters. The molecular weight excluding hydrogens is 350 g/mol. The van der Waals surface area contributed by atoms with Crippen molar-refractivity contribution in [2.24, 2.45) is 0 Å². The molecule has 0 bridgehead atoms. The van der Waals surface area contributed by atoms with Crippen LogP contribution in [-0.2, 0) is 5.60 Å². The highest BCUT2D eigenvalue weighted by Crippen LogP contribution is 2.30. The van der Waals surface area contributed by atoms with Gasteiger partial charge < -0.3 is 23.7 Å². The van der Waals surface area contributed by atoms with Crippen LogP contribution >= 0.6 is 0 Å². The van der Waals surface area contributed by atoms with Crippen molar-refractivity contribution in [2.75, 3.05) is 6.54 Å². The van der Waals surface area contributed by atoms with Gasteiger partial charge in [-0.1, -0.05) is 12.1 Å². The fourth-order valence-electron chi connectivity index (χ4n) is 2.86. The first kappa shape index (κ1) is 16.9. The van der Waals surface area contributed by atoms with E-state index in [-0.39, 0.29) is 23.5 Å². The normalized spacial score (nSPS) is 13.4. The lowest BCUT2D eigenvalue weighted by Crippen LogP contribution is -2.41. The van der Waals surface area contributed by atoms with Crippen molar-refractivity contribution in [3.8, 4) is 0 Å². The van der Waals surface area contributed by atoms with E-state index in [1.807, 2.05) is 0 Å². The minimum Gasteiger partial charge on any atom is -0.472 e. The van der Waals surface area contributed by atoms with E-state index in [0.29, 0.717) is 16.5 Å². The maximum Gasteiger partial charge on any atom is 0.287 e. The van der Waals surface area contributed by atoms with Crippen molar-refractivity contribution in [2.45, 2.75) is 5.60 Å². The third-order valence-electron chi connectivity index (χ3n) is 4.29. The van der Waals surface area contributed by atoms with E-state index in [4.69, 9.17) is 13.3 Å². The number of aliphatic hydroxyl groups is 1. The number of carbonyl (C=O) groups is 1. The fourth-order valence-corrected chi connectivity index (χ4v) is 2.86. The van der Waals surface area contributed by atoms with E-state index in [0.717, 1.165) is 6.07 Å². The van der Waals surface area contributed by atoms with Crippen LogP contribution in [0.2, 0.25) is 0 Å². The Bertz CT molecular complexity index is 1090. The van der Waals surface area contributed by atoms with Gasteiger partial charge in [0, 0.05) is 11.6 Å². The number of furan rings is 2. The van der Waals surface area contributed by atoms with Gasteiger partial charge in [0.05, 0.1) is 30.7 Å². The molecule has 27 heavy (non-hydrogen) atoms. The highest BCUT2D eigenvalue weighted by atomic mass is 16.4. The van der Waals surface area contributed by atoms with Crippen molar-refractivity contribution < 1.29 is 23.2 Å². The number of amides is 1. The topological polar surface area (TPSA) is 106 Å². The zero-order valence-electron chi connectivity index (χ0n) is 14.0. The van der Waals surface area contributed by atoms with Gasteiger partial charge in [-0.25, -0.2) is 0 Å². The summed E-state index contributed by atoms with van der Waals surface area (Å²) in [4.78, 5) is 24.7. The summed E-state index contributed by atoms with van der Waals surface area (Å²) in [5.41, 5.74) is -1.23. The van der Waals surface area contributed by atoms with Gasteiger partial charge in [-0.3, -0.25) is 9.59 Å². The molecule has 1 amide bonds. The second kappa shape index (κ2) is 6.62. The molecule has 0 aliphatic carbocycles. The van der Waals surface area contributed by atoms with E-state index >= 15 is 0 Å². The van der Waals surface area contributed by atoms with Gasteiger partial charge in [-0.05, 0) is 30.3 Å². The Kier molecular flexibility index (Phi) is 4.13. The summed E-state index contributed by atoms with van der Waals surface area (Å²) >= 11 is 0. The second-order valence-electron chi connectivity index (χ2n) is 6.00. The summed E-state index contributed by atoms with van der Waals surface area (Å²) in [6, 6.07) is 12.6. The number of benzene rings is 1. The lowest BCUT2D eigenvalue weighted by Gasteiger charge is -2.25. The van der Waals surface area contributed by atoms with Gasteiger partial charge in [-0.15, -0.1) is 0 Å². The van der Waals surface area contributed by atoms with Gasteiger partial charge >= 0.3 is 0 Å². The van der Waals surface area contributed by atoms with Crippen LogP contribution in [0.3, 0.4) is 0 Å². The first-order valence-corrected chi connectivity index (χ1v) is 8.18. The molecule has 1 aromatic carbocycles. The first-order chi connectivity index (χ1) is 13.1. The van der Waals surface area contributed by atoms with Crippen molar-refractivity contribution in [3.63, 3.8) is 0 Å². The van der Waals surface area contributed by atoms with Gasteiger partial charge in [0.15, 0.2) is 16.8 Å². The number of rotatable bonds is 5. The molecule has 0 aliphatic heterocycles. The molecule has 0 fully saturated rings. The maximum absolute atomic E-state index is 12.5. The van der Waals surface area contributed by atoms with Gasteiger partial charge in [-0.2, -0.15) is 0 Å². The lowest BCUT2D eigenvalue weighted by molar-refractivity contribution is 0.0513. The molecule has 2 N–H and O–H groups in total. The SMILES string of the molecule is O=C(NC[C@@](O)(c1ccoc1)c1ccco1)c1cc(=O)c2ccccc2o1. The number of nitrogens with one attached hydrogen (secondary N) is 1. The molecule has 0 spiro atoms. The van der Waals surface area contributed by atoms with Crippen molar-refractivity contribution >= 4 is 16.9 Å². The predicted octanol–water partition coefficient (Wildman–Crippen LogP) is 2.64. The average Bonchev–Trinajstić information content (AvgIpc) is 3.40. The Hall–Kier alpha value is -3.58. The van der Waals surface area contributed by atoms with Crippen LogP contribution in [0, 0.1) is 0 Å². The van der Waals surface area contributed by atoms with Gasteiger partial charge in [0.2, 0.25) is 0 Å². The summed E-state index contributed by atoms with van der Waals surface area (Å²) in [6.45, 7) is -0.213. The molecule has 0 unspecified atom stereocenters. The Morgan fingerprint density at radius 1 is 1.11 bits per heavy atom. The third kappa shape index (κ3) is 3.04. The molecular formula is C20H15NO6. The molecule has 7 heteroatoms. The zero-order valence-corrected chi connectivity index (χ0v) is 14.0. The summed E-state index contributed by atoms with van der Waals surface area (Å²) in [5, 5.41) is 14.1. The molecule has 136 valence electrons. The number of hydrogen-bond acceptors (Lipinski definition) is 6. The van der Waals surface area contributed by atoms with Crippen LogP contribution < -0.4 is 10.7 Å². The van der Waals surface area contributed by atoms with Crippen molar-refractivity contribution in [1.82, 2.24) is 5.32 Å².